The molecule has 9 atom stereocenters. The van der Waals surface area contributed by atoms with Crippen LogP contribution in [0, 0.1) is 11.8 Å². The molecule has 0 unspecified atom stereocenters. The molecule has 2 heterocycles. The number of hydrogen-bond acceptors (Lipinski definition) is 15. The van der Waals surface area contributed by atoms with Gasteiger partial charge in [0.05, 0.1) is 19.0 Å². The molecule has 1 aromatic carbocycles. The topological polar surface area (TPSA) is 400 Å². The molecule has 3 rings (SSSR count). The Morgan fingerprint density at radius 3 is 2.00 bits per heavy atom. The van der Waals surface area contributed by atoms with Gasteiger partial charge in [0.25, 0.3) is 0 Å². The normalized spacial score (nSPS) is 24.3. The molecular formula is C43H66N12O12S2. The van der Waals surface area contributed by atoms with Crippen molar-refractivity contribution in [3.63, 3.8) is 0 Å². The zero-order valence-electron chi connectivity index (χ0n) is 39.1. The molecule has 16 N–H and O–H groups in total. The van der Waals surface area contributed by atoms with E-state index in [-0.39, 0.29) is 49.0 Å². The van der Waals surface area contributed by atoms with Gasteiger partial charge in [-0.25, -0.2) is 0 Å². The van der Waals surface area contributed by atoms with Gasteiger partial charge in [-0.1, -0.05) is 67.8 Å². The summed E-state index contributed by atoms with van der Waals surface area (Å²) in [7, 11) is 2.05. The summed E-state index contributed by atoms with van der Waals surface area (Å²) >= 11 is 0. The largest absolute Gasteiger partial charge is 0.508 e. The third-order valence-electron chi connectivity index (χ3n) is 11.3. The van der Waals surface area contributed by atoms with Crippen LogP contribution in [0.1, 0.15) is 78.2 Å². The maximum Gasteiger partial charge on any atom is 0.246 e. The Balaban J connectivity index is 2.05. The second-order valence-electron chi connectivity index (χ2n) is 17.4. The minimum atomic E-state index is -1.75. The van der Waals surface area contributed by atoms with Gasteiger partial charge in [-0.05, 0) is 55.2 Å². The number of carbonyl (C=O) groups is 11. The Morgan fingerprint density at radius 1 is 0.783 bits per heavy atom. The monoisotopic (exact) mass is 1010 g/mol. The fourth-order valence-electron chi connectivity index (χ4n) is 7.34. The number of rotatable bonds is 17. The van der Waals surface area contributed by atoms with Gasteiger partial charge in [-0.15, -0.1) is 0 Å². The number of nitrogens with two attached hydrogens (primary N) is 4. The number of benzene rings is 1. The van der Waals surface area contributed by atoms with Crippen molar-refractivity contribution in [2.24, 2.45) is 34.8 Å². The van der Waals surface area contributed by atoms with Gasteiger partial charge >= 0.3 is 0 Å². The third kappa shape index (κ3) is 18.7. The predicted octanol–water partition coefficient (Wildman–Crippen LogP) is -3.61. The van der Waals surface area contributed by atoms with E-state index in [0.717, 1.165) is 21.6 Å². The van der Waals surface area contributed by atoms with Gasteiger partial charge in [0.15, 0.2) is 0 Å². The number of primary amides is 3. The minimum Gasteiger partial charge on any atom is -0.508 e. The first-order valence-electron chi connectivity index (χ1n) is 22.5. The second kappa shape index (κ2) is 27.7. The minimum absolute atomic E-state index is 0.0468. The van der Waals surface area contributed by atoms with Gasteiger partial charge in [0, 0.05) is 30.9 Å². The van der Waals surface area contributed by atoms with E-state index in [1.807, 2.05) is 13.8 Å². The summed E-state index contributed by atoms with van der Waals surface area (Å²) in [5.74, 6) is -10.4. The Hall–Kier alpha value is -6.15. The first-order valence-corrected chi connectivity index (χ1v) is 25.0. The summed E-state index contributed by atoms with van der Waals surface area (Å²) in [4.78, 5) is 148. The van der Waals surface area contributed by atoms with Crippen LogP contribution in [-0.4, -0.2) is 148 Å². The molecule has 0 radical (unpaired) electrons. The van der Waals surface area contributed by atoms with E-state index >= 15 is 0 Å². The number of carbonyl (C=O) groups excluding carboxylic acids is 11. The Labute approximate surface area is 407 Å². The molecule has 2 saturated heterocycles. The van der Waals surface area contributed by atoms with Gasteiger partial charge in [0.1, 0.15) is 48.0 Å². The fourth-order valence-corrected chi connectivity index (χ4v) is 9.62. The highest BCUT2D eigenvalue weighted by Crippen LogP contribution is 2.26. The lowest BCUT2D eigenvalue weighted by Gasteiger charge is -2.31. The molecule has 0 spiro atoms. The van der Waals surface area contributed by atoms with Crippen molar-refractivity contribution in [3.05, 3.63) is 29.8 Å². The highest BCUT2D eigenvalue weighted by Gasteiger charge is 2.41. The van der Waals surface area contributed by atoms with Crippen LogP contribution in [0.2, 0.25) is 0 Å². The van der Waals surface area contributed by atoms with Crippen LogP contribution in [0.15, 0.2) is 24.3 Å². The van der Waals surface area contributed by atoms with E-state index in [0.29, 0.717) is 18.4 Å². The molecule has 0 bridgehead atoms. The van der Waals surface area contributed by atoms with E-state index in [2.05, 4.69) is 37.2 Å². The molecule has 69 heavy (non-hydrogen) atoms. The van der Waals surface area contributed by atoms with Crippen LogP contribution in [0.5, 0.6) is 5.75 Å². The van der Waals surface area contributed by atoms with Crippen molar-refractivity contribution in [2.45, 2.75) is 127 Å². The molecule has 2 aliphatic heterocycles. The zero-order chi connectivity index (χ0) is 51.5. The standard InChI is InChI=1S/C43H66N12O12S2/c1-5-22(4)35-42(66)49-26(12-13-32(45)57)38(62)51-29(17-33(46)58)39(63)53-30(20-69-68-19-25(44)36(60)50-28(40(64)54-35)16-23-8-10-24(56)11-9-23)43(67)55-14-6-7-31(55)41(65)52-27(15-21(2)3)37(61)48-18-34(47)59/h8-11,21-22,25-31,35,56H,5-7,12-20,44H2,1-4H3,(H2,45,57)(H2,46,58)(H2,47,59)(H,48,61)(H,49,66)(H,50,60)(H,51,62)(H,52,65)(H,53,63)(H,54,64)/t22-,25-,26-,27-,28+,29-,30-,31-,35-/m0/s1. The molecule has 24 nitrogen and oxygen atoms in total. The number of amides is 11. The van der Waals surface area contributed by atoms with Crippen LogP contribution >= 0.6 is 21.6 Å². The van der Waals surface area contributed by atoms with E-state index in [4.69, 9.17) is 22.9 Å². The zero-order valence-corrected chi connectivity index (χ0v) is 40.7. The van der Waals surface area contributed by atoms with Gasteiger partial charge in [-0.3, -0.25) is 52.7 Å². The lowest BCUT2D eigenvalue weighted by atomic mass is 9.96. The van der Waals surface area contributed by atoms with E-state index in [1.54, 1.807) is 13.8 Å². The number of nitrogens with zero attached hydrogens (tertiary/aromatic N) is 1. The van der Waals surface area contributed by atoms with Crippen LogP contribution < -0.4 is 60.2 Å². The van der Waals surface area contributed by atoms with Crippen molar-refractivity contribution in [1.82, 2.24) is 42.1 Å². The summed E-state index contributed by atoms with van der Waals surface area (Å²) < 4.78 is 0. The molecule has 382 valence electrons. The molecule has 0 saturated carbocycles. The van der Waals surface area contributed by atoms with Crippen LogP contribution in [0.25, 0.3) is 0 Å². The molecule has 2 aliphatic rings. The quantitative estimate of drug-likeness (QED) is 0.0671. The molecule has 1 aromatic rings. The van der Waals surface area contributed by atoms with Gasteiger partial charge < -0.3 is 70.2 Å². The number of phenols is 1. The molecule has 26 heteroatoms. The first-order chi connectivity index (χ1) is 32.5. The number of phenolic OH excluding ortho intramolecular Hbond substituents is 1. The fraction of sp³-hybridized carbons (Fsp3) is 0.605. The van der Waals surface area contributed by atoms with E-state index in [9.17, 15) is 57.8 Å². The average molecular weight is 1010 g/mol. The molecular weight excluding hydrogens is 941 g/mol. The van der Waals surface area contributed by atoms with Crippen molar-refractivity contribution in [3.8, 4) is 5.75 Å². The highest BCUT2D eigenvalue weighted by atomic mass is 33.1. The second-order valence-corrected chi connectivity index (χ2v) is 20.0. The Bertz CT molecular complexity index is 2050. The van der Waals surface area contributed by atoms with Crippen LogP contribution in [0.3, 0.4) is 0 Å². The smallest absolute Gasteiger partial charge is 0.246 e. The molecule has 0 aliphatic carbocycles. The summed E-state index contributed by atoms with van der Waals surface area (Å²) in [6.45, 7) is 6.60. The third-order valence-corrected chi connectivity index (χ3v) is 13.7. The maximum absolute atomic E-state index is 14.5. The van der Waals surface area contributed by atoms with Crippen molar-refractivity contribution >= 4 is 86.6 Å². The van der Waals surface area contributed by atoms with E-state index in [1.165, 1.54) is 29.2 Å². The van der Waals surface area contributed by atoms with Crippen LogP contribution in [0.4, 0.5) is 0 Å². The molecule has 2 fully saturated rings. The van der Waals surface area contributed by atoms with Gasteiger partial charge in [0.2, 0.25) is 65.0 Å². The maximum atomic E-state index is 14.5. The Kier molecular flexibility index (Phi) is 23.0. The number of hydrogen-bond donors (Lipinski definition) is 12. The van der Waals surface area contributed by atoms with Crippen molar-refractivity contribution in [2.75, 3.05) is 24.6 Å². The average Bonchev–Trinajstić information content (AvgIpc) is 3.78. The molecule has 11 amide bonds. The van der Waals surface area contributed by atoms with Crippen molar-refractivity contribution < 1.29 is 57.8 Å². The van der Waals surface area contributed by atoms with Crippen LogP contribution in [-0.2, 0) is 59.2 Å². The number of aromatic hydroxyl groups is 1. The number of likely N-dealkylation sites (tertiary alicyclic amines) is 1. The molecule has 0 aromatic heterocycles. The number of nitrogens with one attached hydrogen (secondary N) is 7. The predicted molar refractivity (Wildman–Crippen MR) is 254 cm³/mol. The SMILES string of the molecule is CC[C@H](C)[C@@H]1NC(=O)[C@@H](Cc2ccc(O)cc2)NC(=O)[C@@H](N)CSSC[C@@H](C(=O)N2CCC[C@H]2C(=O)N[C@@H](CC(C)C)C(=O)NCC(N)=O)NC(=O)[C@H](CC(N)=O)NC(=O)[C@H](CCC(N)=O)NC1=O. The summed E-state index contributed by atoms with van der Waals surface area (Å²) in [6, 6.07) is -5.05. The lowest BCUT2D eigenvalue weighted by Crippen LogP contribution is -2.61. The summed E-state index contributed by atoms with van der Waals surface area (Å²) in [5.41, 5.74) is 22.9. The summed E-state index contributed by atoms with van der Waals surface area (Å²) in [6.07, 6.45) is -0.694. The van der Waals surface area contributed by atoms with E-state index < -0.39 is 145 Å². The Morgan fingerprint density at radius 2 is 1.39 bits per heavy atom. The highest BCUT2D eigenvalue weighted by molar-refractivity contribution is 8.76. The van der Waals surface area contributed by atoms with Gasteiger partial charge in [-0.2, -0.15) is 0 Å². The first kappa shape index (κ1) is 57.2. The lowest BCUT2D eigenvalue weighted by molar-refractivity contribution is -0.142. The van der Waals surface area contributed by atoms with Crippen molar-refractivity contribution in [1.29, 1.82) is 0 Å². The summed E-state index contributed by atoms with van der Waals surface area (Å²) in [5, 5.41) is 27.7.